The fraction of sp³-hybridized carbons (Fsp3) is 0.923. The van der Waals surface area contributed by atoms with Crippen molar-refractivity contribution in [1.29, 1.82) is 0 Å². The predicted molar refractivity (Wildman–Crippen MR) is 61.0 cm³/mol. The first-order valence-electron chi connectivity index (χ1n) is 6.26. The van der Waals surface area contributed by atoms with Crippen molar-refractivity contribution in [3.63, 3.8) is 0 Å². The molecule has 1 saturated heterocycles. The number of ether oxygens (including phenoxy) is 2. The normalized spacial score (nSPS) is 40.8. The fourth-order valence-corrected chi connectivity index (χ4v) is 3.02. The van der Waals surface area contributed by atoms with Gasteiger partial charge in [0.15, 0.2) is 6.10 Å². The van der Waals surface area contributed by atoms with Gasteiger partial charge >= 0.3 is 5.97 Å². The molecule has 1 spiro atoms. The molecule has 0 radical (unpaired) electrons. The van der Waals surface area contributed by atoms with Gasteiger partial charge < -0.3 is 9.47 Å². The van der Waals surface area contributed by atoms with Gasteiger partial charge in [0.2, 0.25) is 0 Å². The molecule has 16 heavy (non-hydrogen) atoms. The molecule has 0 N–H and O–H groups in total. The number of hydrogen-bond donors (Lipinski definition) is 0. The molecule has 0 aromatic heterocycles. The Kier molecular flexibility index (Phi) is 2.77. The molecule has 1 aliphatic heterocycles. The molecule has 0 amide bonds. The van der Waals surface area contributed by atoms with Gasteiger partial charge in [0.05, 0.1) is 6.61 Å². The van der Waals surface area contributed by atoms with E-state index in [9.17, 15) is 4.79 Å². The molecule has 2 fully saturated rings. The summed E-state index contributed by atoms with van der Waals surface area (Å²) in [6.07, 6.45) is 3.03. The minimum Gasteiger partial charge on any atom is -0.464 e. The van der Waals surface area contributed by atoms with Crippen LogP contribution in [0.15, 0.2) is 0 Å². The Balaban J connectivity index is 2.06. The van der Waals surface area contributed by atoms with E-state index in [0.717, 1.165) is 12.8 Å². The topological polar surface area (TPSA) is 38.8 Å². The Labute approximate surface area is 97.5 Å². The summed E-state index contributed by atoms with van der Waals surface area (Å²) in [4.78, 5) is 11.7. The smallest absolute Gasteiger partial charge is 0.338 e. The summed E-state index contributed by atoms with van der Waals surface area (Å²) in [7, 11) is 0. The first-order chi connectivity index (χ1) is 7.41. The minimum atomic E-state index is -0.304. The van der Waals surface area contributed by atoms with Gasteiger partial charge in [-0.3, -0.25) is 0 Å². The van der Waals surface area contributed by atoms with Gasteiger partial charge in [-0.1, -0.05) is 20.8 Å². The molecule has 3 atom stereocenters. The predicted octanol–water partition coefficient (Wildman–Crippen LogP) is 2.53. The van der Waals surface area contributed by atoms with E-state index in [4.69, 9.17) is 9.47 Å². The average Bonchev–Trinajstić information content (AvgIpc) is 2.88. The summed E-state index contributed by atoms with van der Waals surface area (Å²) in [5, 5.41) is 0. The van der Waals surface area contributed by atoms with Crippen LogP contribution in [-0.4, -0.2) is 24.3 Å². The molecule has 0 aromatic rings. The highest BCUT2D eigenvalue weighted by molar-refractivity contribution is 5.79. The van der Waals surface area contributed by atoms with Gasteiger partial charge in [0, 0.05) is 0 Å². The average molecular weight is 226 g/mol. The maximum absolute atomic E-state index is 11.7. The summed E-state index contributed by atoms with van der Waals surface area (Å²) in [5.74, 6) is 0.294. The van der Waals surface area contributed by atoms with Gasteiger partial charge in [0.1, 0.15) is 5.60 Å². The quantitative estimate of drug-likeness (QED) is 0.536. The van der Waals surface area contributed by atoms with E-state index in [2.05, 4.69) is 20.8 Å². The number of epoxide rings is 1. The van der Waals surface area contributed by atoms with Gasteiger partial charge in [-0.15, -0.1) is 0 Å². The van der Waals surface area contributed by atoms with E-state index in [0.29, 0.717) is 12.5 Å². The zero-order valence-electron chi connectivity index (χ0n) is 10.7. The Morgan fingerprint density at radius 1 is 1.50 bits per heavy atom. The van der Waals surface area contributed by atoms with Crippen molar-refractivity contribution in [3.05, 3.63) is 0 Å². The standard InChI is InChI=1S/C13H22O3/c1-5-15-11(14)10-13(16-10)8-12(3,4)7-6-9(13)2/h9-10H,5-8H2,1-4H3. The van der Waals surface area contributed by atoms with Crippen molar-refractivity contribution in [1.82, 2.24) is 0 Å². The van der Waals surface area contributed by atoms with E-state index in [1.807, 2.05) is 6.92 Å². The highest BCUT2D eigenvalue weighted by Crippen LogP contribution is 2.57. The third kappa shape index (κ3) is 1.86. The number of carbonyl (C=O) groups is 1. The molecule has 2 aliphatic rings. The van der Waals surface area contributed by atoms with Crippen molar-refractivity contribution in [2.75, 3.05) is 6.61 Å². The maximum Gasteiger partial charge on any atom is 0.338 e. The Bertz CT molecular complexity index is 298. The number of rotatable bonds is 2. The Morgan fingerprint density at radius 2 is 2.19 bits per heavy atom. The molecule has 3 heteroatoms. The summed E-state index contributed by atoms with van der Waals surface area (Å²) >= 11 is 0. The molecule has 92 valence electrons. The van der Waals surface area contributed by atoms with Crippen molar-refractivity contribution >= 4 is 5.97 Å². The zero-order valence-corrected chi connectivity index (χ0v) is 10.7. The Hall–Kier alpha value is -0.570. The lowest BCUT2D eigenvalue weighted by Crippen LogP contribution is -2.39. The minimum absolute atomic E-state index is 0.174. The number of esters is 1. The van der Waals surface area contributed by atoms with Crippen LogP contribution in [0.25, 0.3) is 0 Å². The lowest BCUT2D eigenvalue weighted by Gasteiger charge is -2.38. The van der Waals surface area contributed by atoms with Crippen LogP contribution in [0.2, 0.25) is 0 Å². The van der Waals surface area contributed by atoms with Crippen LogP contribution >= 0.6 is 0 Å². The van der Waals surface area contributed by atoms with E-state index in [-0.39, 0.29) is 23.1 Å². The molecule has 3 unspecified atom stereocenters. The monoisotopic (exact) mass is 226 g/mol. The molecule has 0 bridgehead atoms. The van der Waals surface area contributed by atoms with Gasteiger partial charge in [0.25, 0.3) is 0 Å². The first-order valence-corrected chi connectivity index (χ1v) is 6.26. The molecular formula is C13H22O3. The van der Waals surface area contributed by atoms with Crippen LogP contribution in [-0.2, 0) is 14.3 Å². The molecular weight excluding hydrogens is 204 g/mol. The number of hydrogen-bond acceptors (Lipinski definition) is 3. The number of carbonyl (C=O) groups excluding carboxylic acids is 1. The second kappa shape index (κ2) is 3.73. The van der Waals surface area contributed by atoms with Crippen molar-refractivity contribution < 1.29 is 14.3 Å². The largest absolute Gasteiger partial charge is 0.464 e. The second-order valence-electron chi connectivity index (χ2n) is 5.99. The van der Waals surface area contributed by atoms with Crippen LogP contribution in [0, 0.1) is 11.3 Å². The van der Waals surface area contributed by atoms with Crippen LogP contribution in [0.5, 0.6) is 0 Å². The molecule has 3 nitrogen and oxygen atoms in total. The molecule has 1 heterocycles. The lowest BCUT2D eigenvalue weighted by molar-refractivity contribution is -0.144. The van der Waals surface area contributed by atoms with Crippen LogP contribution in [0.4, 0.5) is 0 Å². The summed E-state index contributed by atoms with van der Waals surface area (Å²) in [6.45, 7) is 8.97. The molecule has 0 aromatic carbocycles. The van der Waals surface area contributed by atoms with Crippen LogP contribution < -0.4 is 0 Å². The van der Waals surface area contributed by atoms with Crippen molar-refractivity contribution in [2.45, 2.75) is 58.7 Å². The van der Waals surface area contributed by atoms with Gasteiger partial charge in [-0.2, -0.15) is 0 Å². The summed E-state index contributed by atoms with van der Waals surface area (Å²) in [6, 6.07) is 0. The third-order valence-electron chi connectivity index (χ3n) is 4.07. The zero-order chi connectivity index (χ0) is 12.0. The molecule has 1 aliphatic carbocycles. The highest BCUT2D eigenvalue weighted by Gasteiger charge is 2.66. The SMILES string of the molecule is CCOC(=O)C1OC12CC(C)(C)CCC2C. The molecule has 2 rings (SSSR count). The van der Waals surface area contributed by atoms with Crippen molar-refractivity contribution in [2.24, 2.45) is 11.3 Å². The third-order valence-corrected chi connectivity index (χ3v) is 4.07. The first kappa shape index (κ1) is 11.9. The van der Waals surface area contributed by atoms with Gasteiger partial charge in [-0.25, -0.2) is 4.79 Å². The van der Waals surface area contributed by atoms with Crippen molar-refractivity contribution in [3.8, 4) is 0 Å². The van der Waals surface area contributed by atoms with Crippen LogP contribution in [0.3, 0.4) is 0 Å². The highest BCUT2D eigenvalue weighted by atomic mass is 16.7. The van der Waals surface area contributed by atoms with E-state index in [1.54, 1.807) is 0 Å². The molecule has 1 saturated carbocycles. The second-order valence-corrected chi connectivity index (χ2v) is 5.99. The lowest BCUT2D eigenvalue weighted by atomic mass is 9.66. The van der Waals surface area contributed by atoms with E-state index < -0.39 is 0 Å². The maximum atomic E-state index is 11.7. The fourth-order valence-electron chi connectivity index (χ4n) is 3.02. The van der Waals surface area contributed by atoms with E-state index in [1.165, 1.54) is 6.42 Å². The van der Waals surface area contributed by atoms with Crippen LogP contribution in [0.1, 0.15) is 47.0 Å². The van der Waals surface area contributed by atoms with E-state index >= 15 is 0 Å². The summed E-state index contributed by atoms with van der Waals surface area (Å²) < 4.78 is 10.8. The summed E-state index contributed by atoms with van der Waals surface area (Å²) in [5.41, 5.74) is 0.0712. The van der Waals surface area contributed by atoms with Gasteiger partial charge in [-0.05, 0) is 37.5 Å². The Morgan fingerprint density at radius 3 is 2.81 bits per heavy atom.